The van der Waals surface area contributed by atoms with Crippen molar-refractivity contribution < 1.29 is 19.1 Å². The first-order chi connectivity index (χ1) is 14.3. The summed E-state index contributed by atoms with van der Waals surface area (Å²) < 4.78 is 12.8. The van der Waals surface area contributed by atoms with E-state index in [9.17, 15) is 9.90 Å². The SMILES string of the molecule is Cc1oc(-c2ccc(Br)s2)nc1CCOc1ccc2[nH]cc(C(C)(C)C(=O)O)c2c1. The Labute approximate surface area is 186 Å². The summed E-state index contributed by atoms with van der Waals surface area (Å²) >= 11 is 5.03. The van der Waals surface area contributed by atoms with Crippen LogP contribution in [0.15, 0.2) is 44.7 Å². The number of rotatable bonds is 7. The van der Waals surface area contributed by atoms with E-state index in [4.69, 9.17) is 9.15 Å². The number of carboxylic acids is 1. The van der Waals surface area contributed by atoms with Gasteiger partial charge in [-0.1, -0.05) is 0 Å². The molecule has 2 N–H and O–H groups in total. The van der Waals surface area contributed by atoms with E-state index in [1.165, 1.54) is 0 Å². The number of ether oxygens (including phenoxy) is 1. The Hall–Kier alpha value is -2.58. The second kappa shape index (κ2) is 7.92. The summed E-state index contributed by atoms with van der Waals surface area (Å²) in [6.45, 7) is 5.74. The number of hydrogen-bond acceptors (Lipinski definition) is 5. The summed E-state index contributed by atoms with van der Waals surface area (Å²) in [6.07, 6.45) is 2.37. The van der Waals surface area contributed by atoms with Gasteiger partial charge in [0.25, 0.3) is 0 Å². The van der Waals surface area contributed by atoms with Gasteiger partial charge < -0.3 is 19.2 Å². The summed E-state index contributed by atoms with van der Waals surface area (Å²) in [6, 6.07) is 9.61. The fourth-order valence-electron chi connectivity index (χ4n) is 3.28. The molecule has 0 spiro atoms. The van der Waals surface area contributed by atoms with E-state index in [2.05, 4.69) is 25.9 Å². The number of thiophene rings is 1. The number of nitrogens with one attached hydrogen (secondary N) is 1. The molecule has 3 heterocycles. The summed E-state index contributed by atoms with van der Waals surface area (Å²) in [5, 5.41) is 10.4. The normalized spacial score (nSPS) is 11.9. The highest BCUT2D eigenvalue weighted by Gasteiger charge is 2.32. The number of oxazole rings is 1. The molecule has 4 rings (SSSR count). The number of benzene rings is 1. The van der Waals surface area contributed by atoms with Gasteiger partial charge >= 0.3 is 5.97 Å². The number of aromatic nitrogens is 2. The van der Waals surface area contributed by atoms with Crippen LogP contribution in [0.2, 0.25) is 0 Å². The van der Waals surface area contributed by atoms with E-state index in [0.717, 1.165) is 36.6 Å². The van der Waals surface area contributed by atoms with Crippen LogP contribution >= 0.6 is 27.3 Å². The first-order valence-electron chi connectivity index (χ1n) is 9.45. The molecular formula is C22H21BrN2O4S. The van der Waals surface area contributed by atoms with Gasteiger partial charge in [-0.3, -0.25) is 4.79 Å². The van der Waals surface area contributed by atoms with Crippen molar-refractivity contribution >= 4 is 44.1 Å². The molecule has 8 heteroatoms. The van der Waals surface area contributed by atoms with Gasteiger partial charge in [-0.15, -0.1) is 11.3 Å². The molecule has 30 heavy (non-hydrogen) atoms. The van der Waals surface area contributed by atoms with Crippen molar-refractivity contribution in [3.63, 3.8) is 0 Å². The zero-order valence-corrected chi connectivity index (χ0v) is 19.2. The number of aliphatic carboxylic acids is 1. The van der Waals surface area contributed by atoms with Gasteiger partial charge in [-0.2, -0.15) is 0 Å². The lowest BCUT2D eigenvalue weighted by molar-refractivity contribution is -0.142. The molecule has 0 aliphatic carbocycles. The molecule has 156 valence electrons. The van der Waals surface area contributed by atoms with Gasteiger partial charge in [0.05, 0.1) is 26.4 Å². The number of carboxylic acid groups (broad SMARTS) is 1. The van der Waals surface area contributed by atoms with Crippen molar-refractivity contribution in [3.8, 4) is 16.5 Å². The minimum Gasteiger partial charge on any atom is -0.493 e. The van der Waals surface area contributed by atoms with Crippen LogP contribution in [0.1, 0.15) is 30.9 Å². The Balaban J connectivity index is 1.48. The summed E-state index contributed by atoms with van der Waals surface area (Å²) in [5.74, 6) is 1.22. The fourth-order valence-corrected chi connectivity index (χ4v) is 4.59. The molecule has 0 aliphatic rings. The Morgan fingerprint density at radius 2 is 2.13 bits per heavy atom. The van der Waals surface area contributed by atoms with Crippen LogP contribution in [0, 0.1) is 6.92 Å². The van der Waals surface area contributed by atoms with Crippen molar-refractivity contribution in [2.24, 2.45) is 0 Å². The number of fused-ring (bicyclic) bond motifs is 1. The maximum Gasteiger partial charge on any atom is 0.313 e. The third kappa shape index (κ3) is 3.89. The van der Waals surface area contributed by atoms with Crippen LogP contribution in [-0.2, 0) is 16.6 Å². The van der Waals surface area contributed by atoms with Crippen LogP contribution in [0.5, 0.6) is 5.75 Å². The van der Waals surface area contributed by atoms with E-state index < -0.39 is 11.4 Å². The predicted octanol–water partition coefficient (Wildman–Crippen LogP) is 5.94. The molecule has 0 radical (unpaired) electrons. The number of H-pyrrole nitrogens is 1. The molecule has 0 fully saturated rings. The summed E-state index contributed by atoms with van der Waals surface area (Å²) in [4.78, 5) is 20.4. The molecule has 0 amide bonds. The van der Waals surface area contributed by atoms with Crippen LogP contribution in [0.4, 0.5) is 0 Å². The Bertz CT molecular complexity index is 1220. The topological polar surface area (TPSA) is 88.4 Å². The lowest BCUT2D eigenvalue weighted by Gasteiger charge is -2.18. The van der Waals surface area contributed by atoms with Crippen molar-refractivity contribution in [3.05, 3.63) is 57.3 Å². The maximum atomic E-state index is 11.7. The standard InChI is InChI=1S/C22H21BrN2O4S/c1-12-16(25-20(29-12)18-6-7-19(23)30-18)8-9-28-13-4-5-17-14(10-13)15(11-24-17)22(2,3)21(26)27/h4-7,10-11,24H,8-9H2,1-3H3,(H,26,27). The monoisotopic (exact) mass is 488 g/mol. The highest BCUT2D eigenvalue weighted by Crippen LogP contribution is 2.33. The van der Waals surface area contributed by atoms with Crippen molar-refractivity contribution in [1.29, 1.82) is 0 Å². The number of hydrogen-bond donors (Lipinski definition) is 2. The molecule has 0 saturated heterocycles. The van der Waals surface area contributed by atoms with Gasteiger partial charge in [-0.05, 0) is 72.6 Å². The highest BCUT2D eigenvalue weighted by molar-refractivity contribution is 9.11. The Morgan fingerprint density at radius 3 is 2.83 bits per heavy atom. The molecule has 0 unspecified atom stereocenters. The zero-order chi connectivity index (χ0) is 21.5. The van der Waals surface area contributed by atoms with E-state index >= 15 is 0 Å². The van der Waals surface area contributed by atoms with Crippen LogP contribution < -0.4 is 4.74 Å². The van der Waals surface area contributed by atoms with Gasteiger partial charge in [-0.25, -0.2) is 4.98 Å². The van der Waals surface area contributed by atoms with Crippen molar-refractivity contribution in [2.45, 2.75) is 32.6 Å². The summed E-state index contributed by atoms with van der Waals surface area (Å²) in [7, 11) is 0. The molecule has 4 aromatic rings. The van der Waals surface area contributed by atoms with Crippen LogP contribution in [-0.4, -0.2) is 27.7 Å². The first kappa shape index (κ1) is 20.7. The molecule has 0 atom stereocenters. The van der Waals surface area contributed by atoms with Crippen molar-refractivity contribution in [1.82, 2.24) is 9.97 Å². The second-order valence-electron chi connectivity index (χ2n) is 7.56. The van der Waals surface area contributed by atoms with E-state index in [1.54, 1.807) is 31.4 Å². The van der Waals surface area contributed by atoms with Gasteiger partial charge in [0.15, 0.2) is 0 Å². The maximum absolute atomic E-state index is 11.7. The fraction of sp³-hybridized carbons (Fsp3) is 0.273. The van der Waals surface area contributed by atoms with Crippen LogP contribution in [0.25, 0.3) is 21.7 Å². The summed E-state index contributed by atoms with van der Waals surface area (Å²) in [5.41, 5.74) is 1.48. The third-order valence-electron chi connectivity index (χ3n) is 5.15. The largest absolute Gasteiger partial charge is 0.493 e. The number of aromatic amines is 1. The van der Waals surface area contributed by atoms with Gasteiger partial charge in [0.2, 0.25) is 5.89 Å². The Morgan fingerprint density at radius 1 is 1.33 bits per heavy atom. The molecule has 0 bridgehead atoms. The highest BCUT2D eigenvalue weighted by atomic mass is 79.9. The lowest BCUT2D eigenvalue weighted by Crippen LogP contribution is -2.28. The molecule has 0 aliphatic heterocycles. The average Bonchev–Trinajstić information content (AvgIpc) is 3.40. The molecule has 6 nitrogen and oxygen atoms in total. The molecule has 1 aromatic carbocycles. The average molecular weight is 489 g/mol. The van der Waals surface area contributed by atoms with Crippen molar-refractivity contribution in [2.75, 3.05) is 6.61 Å². The molecular weight excluding hydrogens is 468 g/mol. The smallest absolute Gasteiger partial charge is 0.313 e. The Kier molecular flexibility index (Phi) is 5.46. The first-order valence-corrected chi connectivity index (χ1v) is 11.1. The minimum atomic E-state index is -0.998. The van der Waals surface area contributed by atoms with Gasteiger partial charge in [0.1, 0.15) is 11.5 Å². The van der Waals surface area contributed by atoms with E-state index in [1.807, 2.05) is 37.3 Å². The number of aryl methyl sites for hydroxylation is 1. The second-order valence-corrected chi connectivity index (χ2v) is 10.0. The van der Waals surface area contributed by atoms with Crippen LogP contribution in [0.3, 0.4) is 0 Å². The predicted molar refractivity (Wildman–Crippen MR) is 120 cm³/mol. The van der Waals surface area contributed by atoms with E-state index in [0.29, 0.717) is 24.7 Å². The zero-order valence-electron chi connectivity index (χ0n) is 16.8. The quantitative estimate of drug-likeness (QED) is 0.336. The molecule has 3 aromatic heterocycles. The minimum absolute atomic E-state index is 0.439. The number of nitrogens with zero attached hydrogens (tertiary/aromatic N) is 1. The lowest BCUT2D eigenvalue weighted by atomic mass is 9.84. The number of carbonyl (C=O) groups is 1. The molecule has 0 saturated carbocycles. The van der Waals surface area contributed by atoms with Gasteiger partial charge in [0, 0.05) is 23.5 Å². The third-order valence-corrected chi connectivity index (χ3v) is 6.76. The number of halogens is 1. The van der Waals surface area contributed by atoms with E-state index in [-0.39, 0.29) is 0 Å².